The van der Waals surface area contributed by atoms with Crippen LogP contribution in [0, 0.1) is 0 Å². The smallest absolute Gasteiger partial charge is 0.375 e. The molecule has 0 atom stereocenters. The van der Waals surface area contributed by atoms with Crippen molar-refractivity contribution in [3.63, 3.8) is 0 Å². The van der Waals surface area contributed by atoms with E-state index >= 15 is 0 Å². The van der Waals surface area contributed by atoms with Gasteiger partial charge in [0.05, 0.1) is 5.69 Å². The Labute approximate surface area is 387 Å². The molecule has 1 aliphatic carbocycles. The highest BCUT2D eigenvalue weighted by atomic mass is 16.3. The lowest BCUT2D eigenvalue weighted by Crippen LogP contribution is -2.61. The Hall–Kier alpha value is -7.24. The van der Waals surface area contributed by atoms with Gasteiger partial charge in [0.15, 0.2) is 0 Å². The zero-order valence-electron chi connectivity index (χ0n) is 38.9. The zero-order chi connectivity index (χ0) is 45.0. The normalized spacial score (nSPS) is 14.7. The van der Waals surface area contributed by atoms with E-state index in [2.05, 4.69) is 229 Å². The van der Waals surface area contributed by atoms with Crippen LogP contribution in [0.3, 0.4) is 0 Å². The van der Waals surface area contributed by atoms with Crippen molar-refractivity contribution < 1.29 is 8.83 Å². The van der Waals surface area contributed by atoms with E-state index in [1.807, 2.05) is 0 Å². The number of hydrogen-bond donors (Lipinski definition) is 0. The van der Waals surface area contributed by atoms with Crippen molar-refractivity contribution >= 4 is 79.3 Å². The Morgan fingerprint density at radius 3 is 1.85 bits per heavy atom. The summed E-state index contributed by atoms with van der Waals surface area (Å²) in [6.07, 6.45) is 0. The molecule has 10 aromatic rings. The molecule has 3 aliphatic rings. The predicted molar refractivity (Wildman–Crippen MR) is 278 cm³/mol. The number of nitrogens with zero attached hydrogens (tertiary/aromatic N) is 2. The fourth-order valence-corrected chi connectivity index (χ4v) is 11.6. The van der Waals surface area contributed by atoms with Gasteiger partial charge in [-0.3, -0.25) is 0 Å². The van der Waals surface area contributed by atoms with Crippen LogP contribution in [0.5, 0.6) is 0 Å². The Bertz CT molecular complexity index is 3640. The molecule has 0 radical (unpaired) electrons. The fraction of sp³-hybridized carbons (Fsp3) is 0.180. The SMILES string of the molecule is CC(C)(C)c1ccc(N2B3c4oc5ccc(-c6ccccc6)cc5c4N(c4ccc(C(C)(C)C)cc4)c4c3c(cc3c4C(C)(C)c4ccccc4-3)-c3cc4oc5ccccc5c4cc32)cc1. The van der Waals surface area contributed by atoms with Crippen molar-refractivity contribution in [2.45, 2.75) is 71.6 Å². The van der Waals surface area contributed by atoms with Crippen LogP contribution in [0.15, 0.2) is 173 Å². The maximum absolute atomic E-state index is 7.48. The molecule has 5 heteroatoms. The molecule has 2 aliphatic heterocycles. The second-order valence-electron chi connectivity index (χ2n) is 21.3. The van der Waals surface area contributed by atoms with Gasteiger partial charge in [0.1, 0.15) is 22.4 Å². The summed E-state index contributed by atoms with van der Waals surface area (Å²) in [4.78, 5) is 5.16. The highest BCUT2D eigenvalue weighted by Gasteiger charge is 2.52. The molecular formula is C61H51BN2O2. The molecule has 66 heavy (non-hydrogen) atoms. The van der Waals surface area contributed by atoms with E-state index in [-0.39, 0.29) is 23.1 Å². The summed E-state index contributed by atoms with van der Waals surface area (Å²) in [5, 5.41) is 3.31. The van der Waals surface area contributed by atoms with Gasteiger partial charge in [-0.05, 0) is 127 Å². The lowest BCUT2D eigenvalue weighted by molar-refractivity contribution is 0.590. The van der Waals surface area contributed by atoms with Crippen molar-refractivity contribution in [3.8, 4) is 33.4 Å². The van der Waals surface area contributed by atoms with Crippen LogP contribution in [0.4, 0.5) is 28.4 Å². The predicted octanol–water partition coefficient (Wildman–Crippen LogP) is 15.6. The number of rotatable bonds is 3. The van der Waals surface area contributed by atoms with E-state index in [9.17, 15) is 0 Å². The first-order valence-electron chi connectivity index (χ1n) is 23.4. The first-order valence-corrected chi connectivity index (χ1v) is 23.4. The summed E-state index contributed by atoms with van der Waals surface area (Å²) in [5.41, 5.74) is 22.7. The van der Waals surface area contributed by atoms with Crippen molar-refractivity contribution in [1.82, 2.24) is 0 Å². The van der Waals surface area contributed by atoms with Crippen LogP contribution in [0.25, 0.3) is 66.3 Å². The molecular weight excluding hydrogens is 803 g/mol. The number of benzene rings is 8. The monoisotopic (exact) mass is 854 g/mol. The zero-order valence-corrected chi connectivity index (χ0v) is 38.9. The minimum Gasteiger partial charge on any atom is -0.466 e. The molecule has 13 rings (SSSR count). The number of para-hydroxylation sites is 1. The third-order valence-electron chi connectivity index (χ3n) is 14.9. The first-order chi connectivity index (χ1) is 31.8. The molecule has 0 saturated heterocycles. The lowest BCUT2D eigenvalue weighted by atomic mass is 9.45. The Morgan fingerprint density at radius 1 is 0.470 bits per heavy atom. The van der Waals surface area contributed by atoms with Gasteiger partial charge in [0.25, 0.3) is 0 Å². The maximum Gasteiger partial charge on any atom is 0.375 e. The number of furan rings is 2. The van der Waals surface area contributed by atoms with Gasteiger partial charge >= 0.3 is 6.85 Å². The maximum atomic E-state index is 7.48. The summed E-state index contributed by atoms with van der Waals surface area (Å²) in [6, 6.07) is 60.8. The van der Waals surface area contributed by atoms with Crippen LogP contribution in [-0.2, 0) is 16.2 Å². The Balaban J connectivity index is 1.21. The molecule has 0 fully saturated rings. The summed E-state index contributed by atoms with van der Waals surface area (Å²) >= 11 is 0. The van der Waals surface area contributed by atoms with Crippen molar-refractivity contribution in [2.75, 3.05) is 9.71 Å². The first kappa shape index (κ1) is 39.2. The standard InChI is InChI=1S/C61H51BN2O2/c1-59(2,3)38-23-27-40(28-24-38)63-56-48-32-37(36-16-10-9-11-17-36)22-31-52(48)66-58(56)62-55-47(33-46-42-18-12-14-20-49(42)61(7,8)54(46)57(55)63)44-35-53-45(43-19-13-15-21-51(43)65-53)34-50(44)64(62)41-29-25-39(26-30-41)60(4,5)6/h9-35H,1-8H3. The molecule has 0 amide bonds. The van der Waals surface area contributed by atoms with Gasteiger partial charge in [-0.15, -0.1) is 0 Å². The Morgan fingerprint density at radius 2 is 1.12 bits per heavy atom. The highest BCUT2D eigenvalue weighted by Crippen LogP contribution is 2.59. The second kappa shape index (κ2) is 13.4. The second-order valence-corrected chi connectivity index (χ2v) is 21.3. The fourth-order valence-electron chi connectivity index (χ4n) is 11.6. The summed E-state index contributed by atoms with van der Waals surface area (Å²) in [5.74, 6) is 0. The van der Waals surface area contributed by atoms with Gasteiger partial charge < -0.3 is 18.5 Å². The Kier molecular flexibility index (Phi) is 7.96. The minimum absolute atomic E-state index is 0.00262. The molecule has 4 nitrogen and oxygen atoms in total. The highest BCUT2D eigenvalue weighted by molar-refractivity contribution is 6.93. The van der Waals surface area contributed by atoms with Gasteiger partial charge in [-0.25, -0.2) is 0 Å². The van der Waals surface area contributed by atoms with Gasteiger partial charge in [-0.1, -0.05) is 159 Å². The van der Waals surface area contributed by atoms with Crippen molar-refractivity contribution in [2.24, 2.45) is 0 Å². The van der Waals surface area contributed by atoms with E-state index in [0.717, 1.165) is 72.4 Å². The van der Waals surface area contributed by atoms with Crippen molar-refractivity contribution in [3.05, 3.63) is 186 Å². The number of hydrogen-bond acceptors (Lipinski definition) is 4. The molecule has 0 unspecified atom stereocenters. The summed E-state index contributed by atoms with van der Waals surface area (Å²) in [6.45, 7) is 18.3. The van der Waals surface area contributed by atoms with Gasteiger partial charge in [0.2, 0.25) is 0 Å². The van der Waals surface area contributed by atoms with Crippen LogP contribution >= 0.6 is 0 Å². The van der Waals surface area contributed by atoms with Gasteiger partial charge in [-0.2, -0.15) is 0 Å². The van der Waals surface area contributed by atoms with Crippen LogP contribution < -0.4 is 20.8 Å². The average molecular weight is 855 g/mol. The van der Waals surface area contributed by atoms with Crippen molar-refractivity contribution in [1.29, 1.82) is 0 Å². The van der Waals surface area contributed by atoms with E-state index < -0.39 is 0 Å². The van der Waals surface area contributed by atoms with E-state index in [0.29, 0.717) is 0 Å². The van der Waals surface area contributed by atoms with Crippen LogP contribution in [-0.4, -0.2) is 6.85 Å². The topological polar surface area (TPSA) is 32.8 Å². The summed E-state index contributed by atoms with van der Waals surface area (Å²) in [7, 11) is 0. The van der Waals surface area contributed by atoms with Crippen LogP contribution in [0.1, 0.15) is 77.6 Å². The number of anilines is 5. The van der Waals surface area contributed by atoms with Crippen LogP contribution in [0.2, 0.25) is 0 Å². The molecule has 0 bridgehead atoms. The minimum atomic E-state index is -0.321. The molecule has 0 spiro atoms. The number of fused-ring (bicyclic) bond motifs is 13. The van der Waals surface area contributed by atoms with Gasteiger partial charge in [0, 0.05) is 49.9 Å². The quantitative estimate of drug-likeness (QED) is 0.166. The molecule has 8 aromatic carbocycles. The molecule has 320 valence electrons. The molecule has 0 N–H and O–H groups in total. The largest absolute Gasteiger partial charge is 0.466 e. The van der Waals surface area contributed by atoms with E-state index in [1.165, 1.54) is 55.7 Å². The molecule has 2 aromatic heterocycles. The average Bonchev–Trinajstić information content (AvgIpc) is 3.95. The lowest BCUT2D eigenvalue weighted by Gasteiger charge is -2.45. The van der Waals surface area contributed by atoms with E-state index in [1.54, 1.807) is 0 Å². The third-order valence-corrected chi connectivity index (χ3v) is 14.9. The molecule has 4 heterocycles. The third kappa shape index (κ3) is 5.46. The summed E-state index contributed by atoms with van der Waals surface area (Å²) < 4.78 is 14.2. The molecule has 0 saturated carbocycles. The van der Waals surface area contributed by atoms with E-state index in [4.69, 9.17) is 8.83 Å².